The van der Waals surface area contributed by atoms with Crippen LogP contribution < -0.4 is 5.73 Å². The molecule has 2 rings (SSSR count). The van der Waals surface area contributed by atoms with E-state index >= 15 is 0 Å². The van der Waals surface area contributed by atoms with Gasteiger partial charge < -0.3 is 10.8 Å². The molecule has 78 valence electrons. The Bertz CT molecular complexity index is 535. The topological polar surface area (TPSA) is 89.1 Å². The Hall–Kier alpha value is -1.69. The minimum absolute atomic E-state index is 0.109. The lowest BCUT2D eigenvalue weighted by molar-refractivity contribution is 0.0703. The largest absolute Gasteiger partial charge is 0.477 e. The molecule has 15 heavy (non-hydrogen) atoms. The Balaban J connectivity index is 2.72. The molecule has 0 fully saturated rings. The molecule has 0 aromatic carbocycles. The maximum absolute atomic E-state index is 10.8. The van der Waals surface area contributed by atoms with E-state index in [1.807, 2.05) is 6.92 Å². The molecule has 6 heteroatoms. The lowest BCUT2D eigenvalue weighted by Crippen LogP contribution is -1.98. The van der Waals surface area contributed by atoms with Crippen LogP contribution in [0, 0.1) is 0 Å². The number of aryl methyl sites for hydroxylation is 1. The Kier molecular flexibility index (Phi) is 2.28. The number of anilines is 1. The van der Waals surface area contributed by atoms with Crippen molar-refractivity contribution in [3.05, 3.63) is 16.8 Å². The molecule has 0 spiro atoms. The third-order valence-corrected chi connectivity index (χ3v) is 3.13. The lowest BCUT2D eigenvalue weighted by Gasteiger charge is -1.95. The average Bonchev–Trinajstić information content (AvgIpc) is 2.56. The first-order valence-electron chi connectivity index (χ1n) is 4.40. The van der Waals surface area contributed by atoms with Crippen molar-refractivity contribution in [2.75, 3.05) is 5.73 Å². The summed E-state index contributed by atoms with van der Waals surface area (Å²) < 4.78 is 0. The Morgan fingerprint density at radius 3 is 3.00 bits per heavy atom. The third-order valence-electron chi connectivity index (χ3n) is 2.04. The molecule has 0 saturated heterocycles. The van der Waals surface area contributed by atoms with Crippen LogP contribution >= 0.6 is 11.3 Å². The molecule has 0 atom stereocenters. The van der Waals surface area contributed by atoms with Crippen molar-refractivity contribution in [1.82, 2.24) is 9.97 Å². The fourth-order valence-corrected chi connectivity index (χ4v) is 2.10. The van der Waals surface area contributed by atoms with E-state index < -0.39 is 5.97 Å². The van der Waals surface area contributed by atoms with E-state index in [0.717, 1.165) is 23.5 Å². The summed E-state index contributed by atoms with van der Waals surface area (Å²) in [4.78, 5) is 19.9. The van der Waals surface area contributed by atoms with Crippen LogP contribution in [0.1, 0.15) is 22.3 Å². The number of nitrogen functional groups attached to an aromatic ring is 1. The molecule has 0 saturated carbocycles. The van der Waals surface area contributed by atoms with Gasteiger partial charge in [-0.2, -0.15) is 0 Å². The highest BCUT2D eigenvalue weighted by Crippen LogP contribution is 2.30. The van der Waals surface area contributed by atoms with Gasteiger partial charge in [0, 0.05) is 0 Å². The van der Waals surface area contributed by atoms with E-state index in [1.54, 1.807) is 6.20 Å². The summed E-state index contributed by atoms with van der Waals surface area (Å²) in [6.45, 7) is 1.95. The fraction of sp³-hybridized carbons (Fsp3) is 0.222. The number of fused-ring (bicyclic) bond motifs is 1. The van der Waals surface area contributed by atoms with Crippen LogP contribution in [-0.4, -0.2) is 21.0 Å². The highest BCUT2D eigenvalue weighted by Gasteiger charge is 2.17. The van der Waals surface area contributed by atoms with Crippen LogP contribution in [0.25, 0.3) is 10.3 Å². The zero-order valence-electron chi connectivity index (χ0n) is 8.02. The normalized spacial score (nSPS) is 10.7. The second kappa shape index (κ2) is 3.47. The number of nitrogens with zero attached hydrogens (tertiary/aromatic N) is 2. The number of rotatable bonds is 2. The number of hydrogen-bond acceptors (Lipinski definition) is 5. The molecular formula is C9H9N3O2S. The summed E-state index contributed by atoms with van der Waals surface area (Å²) >= 11 is 1.05. The first-order chi connectivity index (χ1) is 7.13. The molecule has 3 N–H and O–H groups in total. The summed E-state index contributed by atoms with van der Waals surface area (Å²) in [5.74, 6) is -1.03. The van der Waals surface area contributed by atoms with E-state index in [1.165, 1.54) is 0 Å². The monoisotopic (exact) mass is 223 g/mol. The predicted octanol–water partition coefficient (Wildman–Crippen LogP) is 1.53. The van der Waals surface area contributed by atoms with E-state index in [0.29, 0.717) is 10.3 Å². The quantitative estimate of drug-likeness (QED) is 0.806. The zero-order chi connectivity index (χ0) is 11.0. The molecule has 0 radical (unpaired) electrons. The second-order valence-corrected chi connectivity index (χ2v) is 4.02. The van der Waals surface area contributed by atoms with Crippen LogP contribution in [0.15, 0.2) is 6.20 Å². The van der Waals surface area contributed by atoms with Gasteiger partial charge in [0.2, 0.25) is 0 Å². The number of aromatic carboxylic acids is 1. The fourth-order valence-electron chi connectivity index (χ4n) is 1.25. The molecule has 0 amide bonds. The van der Waals surface area contributed by atoms with Gasteiger partial charge in [-0.1, -0.05) is 6.92 Å². The van der Waals surface area contributed by atoms with Crippen LogP contribution in [-0.2, 0) is 6.42 Å². The van der Waals surface area contributed by atoms with E-state index in [4.69, 9.17) is 10.8 Å². The minimum atomic E-state index is -1.03. The molecule has 0 aliphatic carbocycles. The van der Waals surface area contributed by atoms with Crippen molar-refractivity contribution >= 4 is 33.3 Å². The standard InChI is InChI=1S/C9H9N3O2S/c1-2-4-3-11-8-6(12-4)5(10)7(15-8)9(13)14/h3H,2,10H2,1H3,(H,13,14). The number of nitrogens with two attached hydrogens (primary N) is 1. The number of carboxylic acids is 1. The van der Waals surface area contributed by atoms with Crippen molar-refractivity contribution < 1.29 is 9.90 Å². The third kappa shape index (κ3) is 1.52. The Labute approximate surface area is 89.6 Å². The van der Waals surface area contributed by atoms with Crippen molar-refractivity contribution in [1.29, 1.82) is 0 Å². The lowest BCUT2D eigenvalue weighted by atomic mass is 10.3. The summed E-state index contributed by atoms with van der Waals surface area (Å²) in [5, 5.41) is 8.87. The van der Waals surface area contributed by atoms with Gasteiger partial charge in [0.25, 0.3) is 0 Å². The van der Waals surface area contributed by atoms with Crippen LogP contribution in [0.4, 0.5) is 5.69 Å². The number of carbonyl (C=O) groups is 1. The predicted molar refractivity (Wildman–Crippen MR) is 58.2 cm³/mol. The number of thiophene rings is 1. The zero-order valence-corrected chi connectivity index (χ0v) is 8.84. The molecule has 2 aromatic rings. The van der Waals surface area contributed by atoms with Crippen molar-refractivity contribution in [3.8, 4) is 0 Å². The van der Waals surface area contributed by atoms with Gasteiger partial charge in [-0.15, -0.1) is 11.3 Å². The molecule has 0 aliphatic rings. The summed E-state index contributed by atoms with van der Waals surface area (Å²) in [6.07, 6.45) is 2.39. The molecular weight excluding hydrogens is 214 g/mol. The number of hydrogen-bond donors (Lipinski definition) is 2. The molecule has 0 aliphatic heterocycles. The van der Waals surface area contributed by atoms with Crippen molar-refractivity contribution in [3.63, 3.8) is 0 Å². The average molecular weight is 223 g/mol. The second-order valence-electron chi connectivity index (χ2n) is 3.02. The van der Waals surface area contributed by atoms with E-state index in [-0.39, 0.29) is 10.6 Å². The molecule has 0 unspecified atom stereocenters. The van der Waals surface area contributed by atoms with Gasteiger partial charge in [0.05, 0.1) is 17.6 Å². The summed E-state index contributed by atoms with van der Waals surface area (Å²) in [5.41, 5.74) is 7.21. The number of aromatic nitrogens is 2. The first kappa shape index (κ1) is 9.85. The van der Waals surface area contributed by atoms with Crippen LogP contribution in [0.2, 0.25) is 0 Å². The van der Waals surface area contributed by atoms with Crippen LogP contribution in [0.5, 0.6) is 0 Å². The van der Waals surface area contributed by atoms with Crippen LogP contribution in [0.3, 0.4) is 0 Å². The van der Waals surface area contributed by atoms with Gasteiger partial charge >= 0.3 is 5.97 Å². The summed E-state index contributed by atoms with van der Waals surface area (Å²) in [7, 11) is 0. The summed E-state index contributed by atoms with van der Waals surface area (Å²) in [6, 6.07) is 0. The van der Waals surface area contributed by atoms with Gasteiger partial charge in [0.1, 0.15) is 15.2 Å². The molecule has 5 nitrogen and oxygen atoms in total. The van der Waals surface area contributed by atoms with Crippen molar-refractivity contribution in [2.45, 2.75) is 13.3 Å². The Morgan fingerprint density at radius 1 is 1.67 bits per heavy atom. The Morgan fingerprint density at radius 2 is 2.40 bits per heavy atom. The molecule has 2 aromatic heterocycles. The van der Waals surface area contributed by atoms with Gasteiger partial charge in [-0.3, -0.25) is 0 Å². The van der Waals surface area contributed by atoms with E-state index in [9.17, 15) is 4.79 Å². The van der Waals surface area contributed by atoms with Gasteiger partial charge in [-0.25, -0.2) is 14.8 Å². The maximum atomic E-state index is 10.8. The smallest absolute Gasteiger partial charge is 0.348 e. The highest BCUT2D eigenvalue weighted by atomic mass is 32.1. The van der Waals surface area contributed by atoms with E-state index in [2.05, 4.69) is 9.97 Å². The molecule has 0 bridgehead atoms. The maximum Gasteiger partial charge on any atom is 0.348 e. The van der Waals surface area contributed by atoms with Gasteiger partial charge in [-0.05, 0) is 6.42 Å². The highest BCUT2D eigenvalue weighted by molar-refractivity contribution is 7.21. The van der Waals surface area contributed by atoms with Gasteiger partial charge in [0.15, 0.2) is 0 Å². The SMILES string of the molecule is CCc1cnc2sc(C(=O)O)c(N)c2n1. The first-order valence-corrected chi connectivity index (χ1v) is 5.22. The number of carboxylic acid groups (broad SMARTS) is 1. The van der Waals surface area contributed by atoms with Crippen molar-refractivity contribution in [2.24, 2.45) is 0 Å². The minimum Gasteiger partial charge on any atom is -0.477 e. The molecule has 2 heterocycles.